The van der Waals surface area contributed by atoms with Crippen LogP contribution in [0.4, 0.5) is 10.1 Å². The molecule has 1 aromatic heterocycles. The number of hydrogen-bond donors (Lipinski definition) is 1. The summed E-state index contributed by atoms with van der Waals surface area (Å²) in [7, 11) is 0. The highest BCUT2D eigenvalue weighted by molar-refractivity contribution is 9.10. The zero-order valence-electron chi connectivity index (χ0n) is 11.2. The van der Waals surface area contributed by atoms with Crippen molar-refractivity contribution in [3.05, 3.63) is 58.4 Å². The summed E-state index contributed by atoms with van der Waals surface area (Å²) in [5, 5.41) is 0.759. The fraction of sp³-hybridized carbons (Fsp3) is 0.0625. The molecule has 2 aromatic carbocycles. The van der Waals surface area contributed by atoms with Crippen LogP contribution in [-0.4, -0.2) is 4.98 Å². The first-order valence-electron chi connectivity index (χ1n) is 6.32. The molecule has 0 spiro atoms. The van der Waals surface area contributed by atoms with Crippen LogP contribution < -0.4 is 10.5 Å². The van der Waals surface area contributed by atoms with Crippen molar-refractivity contribution in [2.24, 2.45) is 0 Å². The van der Waals surface area contributed by atoms with Gasteiger partial charge in [-0.25, -0.2) is 4.39 Å². The van der Waals surface area contributed by atoms with Gasteiger partial charge < -0.3 is 10.5 Å². The molecule has 0 radical (unpaired) electrons. The summed E-state index contributed by atoms with van der Waals surface area (Å²) >= 11 is 3.36. The Labute approximate surface area is 129 Å². The predicted molar refractivity (Wildman–Crippen MR) is 85.1 cm³/mol. The van der Waals surface area contributed by atoms with Gasteiger partial charge in [-0.05, 0) is 58.7 Å². The van der Waals surface area contributed by atoms with E-state index in [2.05, 4.69) is 20.9 Å². The van der Waals surface area contributed by atoms with Crippen LogP contribution in [0.3, 0.4) is 0 Å². The average molecular weight is 347 g/mol. The van der Waals surface area contributed by atoms with Crippen molar-refractivity contribution >= 4 is 32.5 Å². The number of anilines is 1. The van der Waals surface area contributed by atoms with Gasteiger partial charge in [-0.15, -0.1) is 0 Å². The number of rotatable bonds is 2. The Kier molecular flexibility index (Phi) is 3.51. The molecule has 0 aliphatic rings. The van der Waals surface area contributed by atoms with Crippen molar-refractivity contribution in [2.75, 3.05) is 5.73 Å². The van der Waals surface area contributed by atoms with Gasteiger partial charge in [-0.2, -0.15) is 0 Å². The first-order valence-corrected chi connectivity index (χ1v) is 7.11. The highest BCUT2D eigenvalue weighted by Crippen LogP contribution is 2.34. The van der Waals surface area contributed by atoms with Crippen LogP contribution in [0.1, 0.15) is 5.56 Å². The summed E-state index contributed by atoms with van der Waals surface area (Å²) in [6.07, 6.45) is 1.65. The molecule has 21 heavy (non-hydrogen) atoms. The summed E-state index contributed by atoms with van der Waals surface area (Å²) in [5.41, 5.74) is 8.06. The number of nitrogens with two attached hydrogens (primary N) is 1. The molecule has 3 rings (SSSR count). The van der Waals surface area contributed by atoms with Gasteiger partial charge in [0.1, 0.15) is 5.52 Å². The van der Waals surface area contributed by atoms with Crippen molar-refractivity contribution in [3.63, 3.8) is 0 Å². The summed E-state index contributed by atoms with van der Waals surface area (Å²) < 4.78 is 20.3. The lowest BCUT2D eigenvalue weighted by atomic mass is 10.1. The highest BCUT2D eigenvalue weighted by Gasteiger charge is 2.11. The topological polar surface area (TPSA) is 48.1 Å². The van der Waals surface area contributed by atoms with Crippen molar-refractivity contribution in [1.82, 2.24) is 4.98 Å². The standard InChI is InChI=1S/C16H12BrFN2O/c1-9-2-3-12(18)15(6-9)21-14-5-4-13(19)11-7-10(17)8-20-16(11)14/h2-8H,19H2,1H3. The monoisotopic (exact) mass is 346 g/mol. The van der Waals surface area contributed by atoms with Gasteiger partial charge in [0.05, 0.1) is 0 Å². The number of nitrogen functional groups attached to an aromatic ring is 1. The van der Waals surface area contributed by atoms with E-state index in [4.69, 9.17) is 10.5 Å². The maximum atomic E-state index is 13.8. The van der Waals surface area contributed by atoms with Crippen molar-refractivity contribution in [1.29, 1.82) is 0 Å². The van der Waals surface area contributed by atoms with Gasteiger partial charge in [-0.1, -0.05) is 6.07 Å². The molecule has 3 nitrogen and oxygen atoms in total. The van der Waals surface area contributed by atoms with Crippen LogP contribution in [-0.2, 0) is 0 Å². The zero-order chi connectivity index (χ0) is 15.0. The second-order valence-electron chi connectivity index (χ2n) is 4.74. The third-order valence-electron chi connectivity index (χ3n) is 3.12. The van der Waals surface area contributed by atoms with E-state index in [1.165, 1.54) is 6.07 Å². The number of benzene rings is 2. The normalized spacial score (nSPS) is 10.8. The largest absolute Gasteiger partial charge is 0.452 e. The molecule has 0 saturated carbocycles. The first-order chi connectivity index (χ1) is 10.0. The van der Waals surface area contributed by atoms with E-state index in [1.807, 2.05) is 13.0 Å². The third-order valence-corrected chi connectivity index (χ3v) is 3.55. The van der Waals surface area contributed by atoms with E-state index in [9.17, 15) is 4.39 Å². The fourth-order valence-electron chi connectivity index (χ4n) is 2.08. The van der Waals surface area contributed by atoms with E-state index in [0.29, 0.717) is 17.0 Å². The molecule has 0 bridgehead atoms. The lowest BCUT2D eigenvalue weighted by Crippen LogP contribution is -1.94. The second kappa shape index (κ2) is 5.33. The van der Waals surface area contributed by atoms with E-state index in [-0.39, 0.29) is 5.75 Å². The van der Waals surface area contributed by atoms with E-state index in [1.54, 1.807) is 30.5 Å². The molecule has 2 N–H and O–H groups in total. The number of ether oxygens (including phenoxy) is 1. The van der Waals surface area contributed by atoms with Crippen LogP contribution >= 0.6 is 15.9 Å². The molecule has 0 atom stereocenters. The van der Waals surface area contributed by atoms with Crippen LogP contribution in [0.15, 0.2) is 47.1 Å². The molecule has 0 aliphatic carbocycles. The third kappa shape index (κ3) is 2.69. The maximum Gasteiger partial charge on any atom is 0.165 e. The van der Waals surface area contributed by atoms with Crippen LogP contribution in [0, 0.1) is 12.7 Å². The van der Waals surface area contributed by atoms with E-state index in [0.717, 1.165) is 15.4 Å². The summed E-state index contributed by atoms with van der Waals surface area (Å²) in [6.45, 7) is 1.88. The Morgan fingerprint density at radius 1 is 1.14 bits per heavy atom. The predicted octanol–water partition coefficient (Wildman–Crippen LogP) is 4.82. The first kappa shape index (κ1) is 13.8. The molecule has 0 amide bonds. The molecule has 106 valence electrons. The zero-order valence-corrected chi connectivity index (χ0v) is 12.8. The quantitative estimate of drug-likeness (QED) is 0.676. The van der Waals surface area contributed by atoms with Crippen LogP contribution in [0.5, 0.6) is 11.5 Å². The smallest absolute Gasteiger partial charge is 0.165 e. The summed E-state index contributed by atoms with van der Waals surface area (Å²) in [6, 6.07) is 10.0. The minimum absolute atomic E-state index is 0.172. The fourth-order valence-corrected chi connectivity index (χ4v) is 2.41. The minimum atomic E-state index is -0.414. The minimum Gasteiger partial charge on any atom is -0.452 e. The molecule has 5 heteroatoms. The number of aromatic nitrogens is 1. The number of aryl methyl sites for hydroxylation is 1. The Bertz CT molecular complexity index is 836. The molecule has 3 aromatic rings. The van der Waals surface area contributed by atoms with Crippen LogP contribution in [0.25, 0.3) is 10.9 Å². The van der Waals surface area contributed by atoms with Gasteiger partial charge in [0.15, 0.2) is 17.3 Å². The van der Waals surface area contributed by atoms with Crippen molar-refractivity contribution in [2.45, 2.75) is 6.92 Å². The van der Waals surface area contributed by atoms with Crippen molar-refractivity contribution in [3.8, 4) is 11.5 Å². The lowest BCUT2D eigenvalue weighted by Gasteiger charge is -2.11. The maximum absolute atomic E-state index is 13.8. The number of nitrogens with zero attached hydrogens (tertiary/aromatic N) is 1. The summed E-state index contributed by atoms with van der Waals surface area (Å²) in [5.74, 6) is 0.227. The highest BCUT2D eigenvalue weighted by atomic mass is 79.9. The molecule has 0 aliphatic heterocycles. The molecule has 0 unspecified atom stereocenters. The average Bonchev–Trinajstić information content (AvgIpc) is 2.46. The Balaban J connectivity index is 2.13. The van der Waals surface area contributed by atoms with Gasteiger partial charge in [-0.3, -0.25) is 4.98 Å². The molecule has 0 fully saturated rings. The molecular formula is C16H12BrFN2O. The van der Waals surface area contributed by atoms with Gasteiger partial charge in [0.2, 0.25) is 0 Å². The number of fused-ring (bicyclic) bond motifs is 1. The Morgan fingerprint density at radius 2 is 1.95 bits per heavy atom. The Hall–Kier alpha value is -2.14. The van der Waals surface area contributed by atoms with Crippen LogP contribution in [0.2, 0.25) is 0 Å². The summed E-state index contributed by atoms with van der Waals surface area (Å²) in [4.78, 5) is 4.32. The van der Waals surface area contributed by atoms with E-state index < -0.39 is 5.82 Å². The van der Waals surface area contributed by atoms with Gasteiger partial charge in [0, 0.05) is 21.7 Å². The molecule has 1 heterocycles. The SMILES string of the molecule is Cc1ccc(F)c(Oc2ccc(N)c3cc(Br)cnc23)c1. The number of halogens is 2. The van der Waals surface area contributed by atoms with Crippen molar-refractivity contribution < 1.29 is 9.13 Å². The second-order valence-corrected chi connectivity index (χ2v) is 5.65. The molecular weight excluding hydrogens is 335 g/mol. The Morgan fingerprint density at radius 3 is 2.76 bits per heavy atom. The lowest BCUT2D eigenvalue weighted by molar-refractivity contribution is 0.445. The molecule has 0 saturated heterocycles. The van der Waals surface area contributed by atoms with Gasteiger partial charge >= 0.3 is 0 Å². The van der Waals surface area contributed by atoms with Gasteiger partial charge in [0.25, 0.3) is 0 Å². The number of hydrogen-bond acceptors (Lipinski definition) is 3. The number of pyridine rings is 1. The van der Waals surface area contributed by atoms with E-state index >= 15 is 0 Å².